The van der Waals surface area contributed by atoms with Crippen molar-refractivity contribution in [3.05, 3.63) is 0 Å². The molecule has 5 nitrogen and oxygen atoms in total. The maximum Gasteiger partial charge on any atom is 0.490 e. The minimum absolute atomic E-state index is 0.870. The molecule has 2 fully saturated rings. The number of rotatable bonds is 1. The van der Waals surface area contributed by atoms with Crippen molar-refractivity contribution in [2.75, 3.05) is 46.3 Å². The second-order valence-corrected chi connectivity index (χ2v) is 5.12. The van der Waals surface area contributed by atoms with Crippen molar-refractivity contribution in [3.63, 3.8) is 0 Å². The normalized spacial score (nSPS) is 23.0. The Labute approximate surface area is 116 Å². The van der Waals surface area contributed by atoms with Crippen LogP contribution in [-0.2, 0) is 4.79 Å². The number of hydrogen-bond acceptors (Lipinski definition) is 4. The molecule has 8 heteroatoms. The van der Waals surface area contributed by atoms with Crippen LogP contribution in [0.4, 0.5) is 13.2 Å². The molecule has 0 aromatic carbocycles. The van der Waals surface area contributed by atoms with Crippen molar-refractivity contribution in [2.24, 2.45) is 0 Å². The van der Waals surface area contributed by atoms with Crippen molar-refractivity contribution < 1.29 is 23.1 Å². The number of carboxylic acid groups (broad SMARTS) is 1. The molecule has 0 amide bonds. The number of hydrogen-bond donors (Lipinski definition) is 2. The molecule has 0 bridgehead atoms. The third-order valence-corrected chi connectivity index (χ3v) is 3.61. The van der Waals surface area contributed by atoms with E-state index in [1.807, 2.05) is 0 Å². The number of halogens is 3. The number of aliphatic carboxylic acids is 1. The fraction of sp³-hybridized carbons (Fsp3) is 0.917. The highest BCUT2D eigenvalue weighted by Gasteiger charge is 2.38. The zero-order chi connectivity index (χ0) is 15.2. The lowest BCUT2D eigenvalue weighted by atomic mass is 10.0. The highest BCUT2D eigenvalue weighted by molar-refractivity contribution is 5.73. The average molecular weight is 297 g/mol. The minimum Gasteiger partial charge on any atom is -0.475 e. The van der Waals surface area contributed by atoms with Gasteiger partial charge >= 0.3 is 12.1 Å². The number of likely N-dealkylation sites (N-methyl/N-ethyl adjacent to an activating group) is 1. The summed E-state index contributed by atoms with van der Waals surface area (Å²) in [7, 11) is 2.22. The van der Waals surface area contributed by atoms with Crippen molar-refractivity contribution in [3.8, 4) is 0 Å². The fourth-order valence-electron chi connectivity index (χ4n) is 2.36. The van der Waals surface area contributed by atoms with Crippen LogP contribution in [0.5, 0.6) is 0 Å². The number of nitrogens with one attached hydrogen (secondary N) is 1. The van der Waals surface area contributed by atoms with Gasteiger partial charge in [0, 0.05) is 32.2 Å². The largest absolute Gasteiger partial charge is 0.490 e. The van der Waals surface area contributed by atoms with Crippen LogP contribution < -0.4 is 5.32 Å². The molecule has 2 N–H and O–H groups in total. The van der Waals surface area contributed by atoms with Crippen LogP contribution in [0.15, 0.2) is 0 Å². The quantitative estimate of drug-likeness (QED) is 0.743. The van der Waals surface area contributed by atoms with Gasteiger partial charge in [-0.2, -0.15) is 13.2 Å². The summed E-state index contributed by atoms with van der Waals surface area (Å²) in [6, 6.07) is 0.870. The molecule has 2 saturated heterocycles. The van der Waals surface area contributed by atoms with E-state index in [1.54, 1.807) is 0 Å². The number of nitrogens with zero attached hydrogens (tertiary/aromatic N) is 2. The number of alkyl halides is 3. The van der Waals surface area contributed by atoms with E-state index < -0.39 is 12.1 Å². The topological polar surface area (TPSA) is 55.8 Å². The molecule has 0 aromatic rings. The summed E-state index contributed by atoms with van der Waals surface area (Å²) in [6.45, 7) is 7.50. The standard InChI is InChI=1S/C10H21N3.C2HF3O2/c1-12-6-8-13(9-7-12)10-2-4-11-5-3-10;3-2(4,5)1(6)7/h10-11H,2-9H2,1H3;(H,6,7). The Bertz CT molecular complexity index is 299. The highest BCUT2D eigenvalue weighted by Crippen LogP contribution is 2.14. The van der Waals surface area contributed by atoms with Gasteiger partial charge in [-0.05, 0) is 33.0 Å². The Morgan fingerprint density at radius 2 is 1.60 bits per heavy atom. The van der Waals surface area contributed by atoms with Crippen LogP contribution in [0.1, 0.15) is 12.8 Å². The van der Waals surface area contributed by atoms with Crippen molar-refractivity contribution in [1.82, 2.24) is 15.1 Å². The second-order valence-electron chi connectivity index (χ2n) is 5.12. The van der Waals surface area contributed by atoms with Crippen LogP contribution in [0.25, 0.3) is 0 Å². The predicted molar refractivity (Wildman–Crippen MR) is 68.7 cm³/mol. The predicted octanol–water partition coefficient (Wildman–Crippen LogP) is 0.619. The number of piperazine rings is 1. The summed E-state index contributed by atoms with van der Waals surface area (Å²) in [5.41, 5.74) is 0. The Morgan fingerprint density at radius 1 is 1.15 bits per heavy atom. The summed E-state index contributed by atoms with van der Waals surface area (Å²) < 4.78 is 31.7. The van der Waals surface area contributed by atoms with E-state index in [-0.39, 0.29) is 0 Å². The maximum absolute atomic E-state index is 10.6. The first-order valence-corrected chi connectivity index (χ1v) is 6.74. The van der Waals surface area contributed by atoms with Crippen LogP contribution in [0.3, 0.4) is 0 Å². The third-order valence-electron chi connectivity index (χ3n) is 3.61. The molecule has 2 aliphatic heterocycles. The number of carboxylic acids is 1. The summed E-state index contributed by atoms with van der Waals surface area (Å²) >= 11 is 0. The monoisotopic (exact) mass is 297 g/mol. The van der Waals surface area contributed by atoms with E-state index in [2.05, 4.69) is 22.2 Å². The van der Waals surface area contributed by atoms with Crippen molar-refractivity contribution in [2.45, 2.75) is 25.1 Å². The molecular weight excluding hydrogens is 275 g/mol. The molecule has 0 saturated carbocycles. The molecule has 20 heavy (non-hydrogen) atoms. The first-order valence-electron chi connectivity index (χ1n) is 6.74. The zero-order valence-corrected chi connectivity index (χ0v) is 11.6. The van der Waals surface area contributed by atoms with Gasteiger partial charge in [-0.25, -0.2) is 4.79 Å². The molecule has 2 heterocycles. The van der Waals surface area contributed by atoms with Gasteiger partial charge in [0.15, 0.2) is 0 Å². The zero-order valence-electron chi connectivity index (χ0n) is 11.6. The SMILES string of the molecule is CN1CCN(C2CCNCC2)CC1.O=C(O)C(F)(F)F. The molecular formula is C12H22F3N3O2. The van der Waals surface area contributed by atoms with Gasteiger partial charge in [-0.3, -0.25) is 4.90 Å². The van der Waals surface area contributed by atoms with Crippen LogP contribution >= 0.6 is 0 Å². The van der Waals surface area contributed by atoms with Crippen LogP contribution in [0, 0.1) is 0 Å². The number of piperidine rings is 1. The van der Waals surface area contributed by atoms with Gasteiger partial charge in [0.05, 0.1) is 0 Å². The van der Waals surface area contributed by atoms with E-state index in [0.29, 0.717) is 0 Å². The molecule has 0 unspecified atom stereocenters. The third kappa shape index (κ3) is 6.06. The van der Waals surface area contributed by atoms with Crippen molar-refractivity contribution >= 4 is 5.97 Å². The molecule has 118 valence electrons. The van der Waals surface area contributed by atoms with Gasteiger partial charge in [0.25, 0.3) is 0 Å². The van der Waals surface area contributed by atoms with Gasteiger partial charge in [0.1, 0.15) is 0 Å². The van der Waals surface area contributed by atoms with E-state index in [0.717, 1.165) is 6.04 Å². The first kappa shape index (κ1) is 17.2. The summed E-state index contributed by atoms with van der Waals surface area (Å²) in [5.74, 6) is -2.76. The van der Waals surface area contributed by atoms with Crippen molar-refractivity contribution in [1.29, 1.82) is 0 Å². The molecule has 0 aromatic heterocycles. The lowest BCUT2D eigenvalue weighted by Gasteiger charge is -2.39. The fourth-order valence-corrected chi connectivity index (χ4v) is 2.36. The molecule has 2 aliphatic rings. The van der Waals surface area contributed by atoms with Crippen LogP contribution in [-0.4, -0.2) is 79.4 Å². The lowest BCUT2D eigenvalue weighted by molar-refractivity contribution is -0.192. The summed E-state index contributed by atoms with van der Waals surface area (Å²) in [6.07, 6.45) is -2.38. The van der Waals surface area contributed by atoms with E-state index in [4.69, 9.17) is 9.90 Å². The molecule has 0 atom stereocenters. The first-order chi connectivity index (χ1) is 9.30. The average Bonchev–Trinajstić information content (AvgIpc) is 2.40. The Morgan fingerprint density at radius 3 is 2.00 bits per heavy atom. The Hall–Kier alpha value is -0.860. The summed E-state index contributed by atoms with van der Waals surface area (Å²) in [5, 5.41) is 10.6. The van der Waals surface area contributed by atoms with Gasteiger partial charge < -0.3 is 15.3 Å². The van der Waals surface area contributed by atoms with E-state index in [1.165, 1.54) is 52.1 Å². The number of carbonyl (C=O) groups is 1. The van der Waals surface area contributed by atoms with Gasteiger partial charge in [-0.15, -0.1) is 0 Å². The van der Waals surface area contributed by atoms with Gasteiger partial charge in [-0.1, -0.05) is 0 Å². The minimum atomic E-state index is -5.08. The van der Waals surface area contributed by atoms with Crippen LogP contribution in [0.2, 0.25) is 0 Å². The highest BCUT2D eigenvalue weighted by atomic mass is 19.4. The second kappa shape index (κ2) is 7.80. The molecule has 0 radical (unpaired) electrons. The maximum atomic E-state index is 10.6. The molecule has 0 spiro atoms. The van der Waals surface area contributed by atoms with Gasteiger partial charge in [0.2, 0.25) is 0 Å². The smallest absolute Gasteiger partial charge is 0.475 e. The summed E-state index contributed by atoms with van der Waals surface area (Å²) in [4.78, 5) is 14.0. The molecule has 0 aliphatic carbocycles. The molecule has 2 rings (SSSR count). The van der Waals surface area contributed by atoms with E-state index in [9.17, 15) is 13.2 Å². The Kier molecular flexibility index (Phi) is 6.70. The lowest BCUT2D eigenvalue weighted by Crippen LogP contribution is -2.51. The Balaban J connectivity index is 0.000000246. The van der Waals surface area contributed by atoms with E-state index >= 15 is 0 Å².